The highest BCUT2D eigenvalue weighted by molar-refractivity contribution is 14.0. The van der Waals surface area contributed by atoms with Crippen LogP contribution in [-0.4, -0.2) is 32.1 Å². The van der Waals surface area contributed by atoms with Gasteiger partial charge in [-0.15, -0.1) is 24.0 Å². The van der Waals surface area contributed by atoms with Crippen LogP contribution in [0.3, 0.4) is 0 Å². The summed E-state index contributed by atoms with van der Waals surface area (Å²) in [5, 5.41) is 9.06. The zero-order chi connectivity index (χ0) is 19.1. The number of guanidine groups is 1. The summed E-state index contributed by atoms with van der Waals surface area (Å²) in [6.45, 7) is 1.35. The molecule has 0 saturated carbocycles. The minimum atomic E-state index is -0.243. The van der Waals surface area contributed by atoms with Crippen molar-refractivity contribution in [2.45, 2.75) is 19.4 Å². The van der Waals surface area contributed by atoms with Crippen LogP contribution in [0, 0.1) is 5.82 Å². The number of benzene rings is 2. The first-order valence-electron chi connectivity index (χ1n) is 8.89. The number of rotatable bonds is 6. The Hall–Kier alpha value is -2.36. The van der Waals surface area contributed by atoms with Crippen molar-refractivity contribution in [3.05, 3.63) is 59.4 Å². The fourth-order valence-corrected chi connectivity index (χ4v) is 2.83. The van der Waals surface area contributed by atoms with Crippen molar-refractivity contribution in [1.29, 1.82) is 0 Å². The third kappa shape index (κ3) is 6.08. The average molecular weight is 498 g/mol. The number of halogens is 2. The molecule has 6 nitrogen and oxygen atoms in total. The van der Waals surface area contributed by atoms with Crippen LogP contribution in [0.15, 0.2) is 47.5 Å². The summed E-state index contributed by atoms with van der Waals surface area (Å²) in [5.41, 5.74) is 2.52. The topological polar surface area (TPSA) is 74.8 Å². The van der Waals surface area contributed by atoms with Crippen molar-refractivity contribution >= 4 is 41.5 Å². The standard InChI is InChI=1S/C20H23FN4O2.HI/c1-22-20(24-13-15-4-2-3-5-17(15)21)23-10-11-27-16-7-8-18-14(12-16)6-9-19(26)25-18;/h2-5,7-8,12H,6,9-11,13H2,1H3,(H,25,26)(H2,22,23,24);1H. The van der Waals surface area contributed by atoms with E-state index < -0.39 is 0 Å². The lowest BCUT2D eigenvalue weighted by Crippen LogP contribution is -2.39. The fourth-order valence-electron chi connectivity index (χ4n) is 2.83. The van der Waals surface area contributed by atoms with Gasteiger partial charge in [-0.25, -0.2) is 4.39 Å². The maximum Gasteiger partial charge on any atom is 0.224 e. The molecule has 28 heavy (non-hydrogen) atoms. The van der Waals surface area contributed by atoms with Gasteiger partial charge >= 0.3 is 0 Å². The van der Waals surface area contributed by atoms with Crippen molar-refractivity contribution in [2.75, 3.05) is 25.5 Å². The quantitative estimate of drug-likeness (QED) is 0.248. The number of anilines is 1. The van der Waals surface area contributed by atoms with Crippen LogP contribution < -0.4 is 20.7 Å². The highest BCUT2D eigenvalue weighted by Crippen LogP contribution is 2.26. The van der Waals surface area contributed by atoms with Crippen LogP contribution in [0.2, 0.25) is 0 Å². The molecule has 0 fully saturated rings. The van der Waals surface area contributed by atoms with Gasteiger partial charge < -0.3 is 20.7 Å². The SMILES string of the molecule is CN=C(NCCOc1ccc2c(c1)CCC(=O)N2)NCc1ccccc1F.I. The molecule has 0 radical (unpaired) electrons. The molecule has 1 amide bonds. The fraction of sp³-hybridized carbons (Fsp3) is 0.300. The Kier molecular flexibility index (Phi) is 8.49. The first-order chi connectivity index (χ1) is 13.2. The Morgan fingerprint density at radius 3 is 2.82 bits per heavy atom. The van der Waals surface area contributed by atoms with Gasteiger partial charge in [0.1, 0.15) is 18.2 Å². The number of fused-ring (bicyclic) bond motifs is 1. The van der Waals surface area contributed by atoms with E-state index in [4.69, 9.17) is 4.74 Å². The first-order valence-corrected chi connectivity index (χ1v) is 8.89. The zero-order valence-corrected chi connectivity index (χ0v) is 18.0. The van der Waals surface area contributed by atoms with E-state index in [1.165, 1.54) is 6.07 Å². The molecule has 150 valence electrons. The number of nitrogens with one attached hydrogen (secondary N) is 3. The Labute approximate surface area is 181 Å². The first kappa shape index (κ1) is 21.9. The van der Waals surface area contributed by atoms with Gasteiger partial charge in [0.2, 0.25) is 5.91 Å². The minimum absolute atomic E-state index is 0. The predicted octanol–water partition coefficient (Wildman–Crippen LogP) is 3.07. The maximum atomic E-state index is 13.6. The van der Waals surface area contributed by atoms with E-state index in [1.54, 1.807) is 25.2 Å². The van der Waals surface area contributed by atoms with Gasteiger partial charge in [-0.05, 0) is 36.2 Å². The second-order valence-electron chi connectivity index (χ2n) is 6.16. The number of hydrogen-bond donors (Lipinski definition) is 3. The van der Waals surface area contributed by atoms with E-state index in [0.29, 0.717) is 37.6 Å². The van der Waals surface area contributed by atoms with Crippen molar-refractivity contribution in [3.8, 4) is 5.75 Å². The van der Waals surface area contributed by atoms with E-state index in [1.807, 2.05) is 18.2 Å². The van der Waals surface area contributed by atoms with Gasteiger partial charge in [0, 0.05) is 31.3 Å². The molecule has 0 spiro atoms. The van der Waals surface area contributed by atoms with Gasteiger partial charge in [0.05, 0.1) is 6.54 Å². The van der Waals surface area contributed by atoms with Crippen LogP contribution in [0.25, 0.3) is 0 Å². The monoisotopic (exact) mass is 498 g/mol. The van der Waals surface area contributed by atoms with Gasteiger partial charge in [-0.2, -0.15) is 0 Å². The van der Waals surface area contributed by atoms with Crippen molar-refractivity contribution in [2.24, 2.45) is 4.99 Å². The second kappa shape index (κ2) is 10.8. The molecule has 0 saturated heterocycles. The number of carbonyl (C=O) groups excluding carboxylic acids is 1. The van der Waals surface area contributed by atoms with E-state index >= 15 is 0 Å². The molecule has 0 unspecified atom stereocenters. The molecule has 2 aromatic carbocycles. The molecule has 8 heteroatoms. The normalized spacial score (nSPS) is 13.1. The number of aryl methyl sites for hydroxylation is 1. The molecule has 2 aromatic rings. The highest BCUT2D eigenvalue weighted by Gasteiger charge is 2.14. The molecule has 1 heterocycles. The lowest BCUT2D eigenvalue weighted by Gasteiger charge is -2.18. The molecule has 1 aliphatic rings. The number of amides is 1. The molecular formula is C20H24FIN4O2. The lowest BCUT2D eigenvalue weighted by atomic mass is 10.0. The number of ether oxygens (including phenoxy) is 1. The summed E-state index contributed by atoms with van der Waals surface area (Å²) >= 11 is 0. The molecule has 0 aromatic heterocycles. The third-order valence-electron chi connectivity index (χ3n) is 4.26. The number of hydrogen-bond acceptors (Lipinski definition) is 3. The molecular weight excluding hydrogens is 474 g/mol. The number of carbonyl (C=O) groups is 1. The number of nitrogens with zero attached hydrogens (tertiary/aromatic N) is 1. The van der Waals surface area contributed by atoms with Crippen LogP contribution in [0.5, 0.6) is 5.75 Å². The average Bonchev–Trinajstić information content (AvgIpc) is 2.68. The lowest BCUT2D eigenvalue weighted by molar-refractivity contribution is -0.116. The summed E-state index contributed by atoms with van der Waals surface area (Å²) in [6.07, 6.45) is 1.23. The smallest absolute Gasteiger partial charge is 0.224 e. The Bertz CT molecular complexity index is 845. The van der Waals surface area contributed by atoms with E-state index in [9.17, 15) is 9.18 Å². The van der Waals surface area contributed by atoms with E-state index in [-0.39, 0.29) is 35.7 Å². The zero-order valence-electron chi connectivity index (χ0n) is 15.6. The third-order valence-corrected chi connectivity index (χ3v) is 4.26. The van der Waals surface area contributed by atoms with Crippen LogP contribution >= 0.6 is 24.0 Å². The van der Waals surface area contributed by atoms with Gasteiger partial charge in [0.25, 0.3) is 0 Å². The van der Waals surface area contributed by atoms with Crippen molar-refractivity contribution < 1.29 is 13.9 Å². The van der Waals surface area contributed by atoms with Crippen LogP contribution in [-0.2, 0) is 17.8 Å². The summed E-state index contributed by atoms with van der Waals surface area (Å²) in [4.78, 5) is 15.5. The molecule has 3 rings (SSSR count). The molecule has 0 bridgehead atoms. The van der Waals surface area contributed by atoms with Gasteiger partial charge in [-0.3, -0.25) is 9.79 Å². The van der Waals surface area contributed by atoms with Crippen molar-refractivity contribution in [1.82, 2.24) is 10.6 Å². The van der Waals surface area contributed by atoms with Gasteiger partial charge in [0.15, 0.2) is 5.96 Å². The summed E-state index contributed by atoms with van der Waals surface area (Å²) < 4.78 is 19.4. The Morgan fingerprint density at radius 2 is 2.04 bits per heavy atom. The largest absolute Gasteiger partial charge is 0.492 e. The molecule has 0 aliphatic carbocycles. The highest BCUT2D eigenvalue weighted by atomic mass is 127. The predicted molar refractivity (Wildman–Crippen MR) is 119 cm³/mol. The summed E-state index contributed by atoms with van der Waals surface area (Å²) in [6, 6.07) is 12.3. The molecule has 1 aliphatic heterocycles. The summed E-state index contributed by atoms with van der Waals surface area (Å²) in [7, 11) is 1.66. The van der Waals surface area contributed by atoms with Crippen molar-refractivity contribution in [3.63, 3.8) is 0 Å². The minimum Gasteiger partial charge on any atom is -0.492 e. The second-order valence-corrected chi connectivity index (χ2v) is 6.16. The van der Waals surface area contributed by atoms with Gasteiger partial charge in [-0.1, -0.05) is 18.2 Å². The Morgan fingerprint density at radius 1 is 1.21 bits per heavy atom. The van der Waals surface area contributed by atoms with Crippen LogP contribution in [0.4, 0.5) is 10.1 Å². The molecule has 3 N–H and O–H groups in total. The Balaban J connectivity index is 0.00000280. The molecule has 0 atom stereocenters. The van der Waals surface area contributed by atoms with E-state index in [0.717, 1.165) is 23.4 Å². The van der Waals surface area contributed by atoms with Crippen LogP contribution in [0.1, 0.15) is 17.5 Å². The van der Waals surface area contributed by atoms with E-state index in [2.05, 4.69) is 20.9 Å². The number of aliphatic imine (C=N–C) groups is 1. The summed E-state index contributed by atoms with van der Waals surface area (Å²) in [5.74, 6) is 1.15. The maximum absolute atomic E-state index is 13.6.